The molecule has 1 aromatic rings. The molecule has 0 spiro atoms. The molecule has 2 rings (SSSR count). The summed E-state index contributed by atoms with van der Waals surface area (Å²) in [5.74, 6) is 0.130. The van der Waals surface area contributed by atoms with Gasteiger partial charge in [-0.05, 0) is 18.8 Å². The van der Waals surface area contributed by atoms with Crippen molar-refractivity contribution in [3.63, 3.8) is 0 Å². The number of carbonyl (C=O) groups excluding carboxylic acids is 2. The molecule has 128 valence electrons. The number of carbonyl (C=O) groups is 2. The summed E-state index contributed by atoms with van der Waals surface area (Å²) in [6.45, 7) is 5.59. The Morgan fingerprint density at radius 3 is 2.65 bits per heavy atom. The molecule has 0 saturated carbocycles. The quantitative estimate of drug-likeness (QED) is 0.818. The molecule has 1 aliphatic rings. The molecule has 6 nitrogen and oxygen atoms in total. The monoisotopic (exact) mass is 359 g/mol. The minimum absolute atomic E-state index is 0.161. The van der Waals surface area contributed by atoms with E-state index in [0.717, 1.165) is 25.9 Å². The van der Waals surface area contributed by atoms with Gasteiger partial charge in [-0.25, -0.2) is 9.78 Å². The fourth-order valence-electron chi connectivity index (χ4n) is 2.51. The van der Waals surface area contributed by atoms with Gasteiger partial charge in [0.1, 0.15) is 0 Å². The number of halogens is 1. The Labute approximate surface area is 145 Å². The lowest BCUT2D eigenvalue weighted by Crippen LogP contribution is -2.42. The van der Waals surface area contributed by atoms with Crippen LogP contribution in [0.25, 0.3) is 0 Å². The first-order valence-corrected chi connectivity index (χ1v) is 8.89. The molecule has 8 heteroatoms. The number of methoxy groups -OCH3 is 1. The summed E-state index contributed by atoms with van der Waals surface area (Å²) in [5.41, 5.74) is 0. The lowest BCUT2D eigenvalue weighted by Gasteiger charge is -2.32. The normalized spacial score (nSPS) is 15.8. The largest absolute Gasteiger partial charge is 0.465 e. The summed E-state index contributed by atoms with van der Waals surface area (Å²) >= 11 is 7.15. The Morgan fingerprint density at radius 2 is 2.09 bits per heavy atom. The van der Waals surface area contributed by atoms with Crippen molar-refractivity contribution in [2.24, 2.45) is 5.92 Å². The molecule has 1 saturated heterocycles. The lowest BCUT2D eigenvalue weighted by molar-refractivity contribution is -0.132. The van der Waals surface area contributed by atoms with Crippen molar-refractivity contribution in [3.8, 4) is 0 Å². The summed E-state index contributed by atoms with van der Waals surface area (Å²) < 4.78 is 4.67. The van der Waals surface area contributed by atoms with Crippen molar-refractivity contribution >= 4 is 39.9 Å². The third kappa shape index (κ3) is 4.81. The van der Waals surface area contributed by atoms with E-state index in [1.54, 1.807) is 0 Å². The van der Waals surface area contributed by atoms with Crippen molar-refractivity contribution in [1.82, 2.24) is 9.88 Å². The Hall–Kier alpha value is -1.34. The zero-order valence-electron chi connectivity index (χ0n) is 13.6. The minimum Gasteiger partial charge on any atom is -0.465 e. The first kappa shape index (κ1) is 18.0. The molecular weight excluding hydrogens is 338 g/mol. The molecule has 1 fully saturated rings. The van der Waals surface area contributed by atoms with E-state index in [0.29, 0.717) is 22.3 Å². The van der Waals surface area contributed by atoms with Crippen LogP contribution in [0.5, 0.6) is 0 Å². The average molecular weight is 360 g/mol. The molecule has 1 aromatic heterocycles. The van der Waals surface area contributed by atoms with E-state index < -0.39 is 5.97 Å². The maximum Gasteiger partial charge on any atom is 0.351 e. The molecule has 1 N–H and O–H groups in total. The van der Waals surface area contributed by atoms with Gasteiger partial charge < -0.3 is 15.0 Å². The van der Waals surface area contributed by atoms with E-state index in [-0.39, 0.29) is 17.1 Å². The Kier molecular flexibility index (Phi) is 6.24. The number of amides is 1. The fraction of sp³-hybridized carbons (Fsp3) is 0.667. The van der Waals surface area contributed by atoms with Crippen LogP contribution in [0.1, 0.15) is 42.8 Å². The molecule has 0 aliphatic carbocycles. The van der Waals surface area contributed by atoms with Crippen LogP contribution in [0.3, 0.4) is 0 Å². The van der Waals surface area contributed by atoms with Gasteiger partial charge in [0.25, 0.3) is 0 Å². The molecule has 0 atom stereocenters. The van der Waals surface area contributed by atoms with Crippen molar-refractivity contribution in [2.45, 2.75) is 39.2 Å². The topological polar surface area (TPSA) is 71.5 Å². The van der Waals surface area contributed by atoms with Crippen molar-refractivity contribution < 1.29 is 14.3 Å². The van der Waals surface area contributed by atoms with E-state index in [1.807, 2.05) is 4.90 Å². The number of ether oxygens (including phenoxy) is 1. The summed E-state index contributed by atoms with van der Waals surface area (Å²) in [5, 5.41) is 4.07. The number of nitrogens with one attached hydrogen (secondary N) is 1. The second-order valence-corrected chi connectivity index (χ2v) is 7.38. The van der Waals surface area contributed by atoms with Crippen LogP contribution < -0.4 is 5.32 Å². The van der Waals surface area contributed by atoms with Crippen LogP contribution in [0.2, 0.25) is 5.15 Å². The molecule has 0 aromatic carbocycles. The molecule has 0 unspecified atom stereocenters. The van der Waals surface area contributed by atoms with Crippen LogP contribution in [-0.4, -0.2) is 48.0 Å². The maximum absolute atomic E-state index is 12.1. The smallest absolute Gasteiger partial charge is 0.351 e. The van der Waals surface area contributed by atoms with Gasteiger partial charge >= 0.3 is 5.97 Å². The van der Waals surface area contributed by atoms with E-state index in [9.17, 15) is 9.59 Å². The van der Waals surface area contributed by atoms with E-state index in [4.69, 9.17) is 11.6 Å². The Morgan fingerprint density at radius 1 is 1.43 bits per heavy atom. The van der Waals surface area contributed by atoms with Crippen LogP contribution in [0.4, 0.5) is 5.13 Å². The van der Waals surface area contributed by atoms with Gasteiger partial charge in [0.15, 0.2) is 15.2 Å². The zero-order valence-corrected chi connectivity index (χ0v) is 15.2. The molecular formula is C15H22ClN3O3S. The van der Waals surface area contributed by atoms with Gasteiger partial charge in [-0.15, -0.1) is 0 Å². The number of likely N-dealkylation sites (tertiary alicyclic amines) is 1. The number of nitrogens with zero attached hydrogens (tertiary/aromatic N) is 2. The molecule has 1 aliphatic heterocycles. The Bertz CT molecular complexity index is 568. The summed E-state index contributed by atoms with van der Waals surface area (Å²) in [6.07, 6.45) is 2.31. The number of hydrogen-bond acceptors (Lipinski definition) is 6. The van der Waals surface area contributed by atoms with Gasteiger partial charge in [-0.3, -0.25) is 4.79 Å². The number of anilines is 1. The van der Waals surface area contributed by atoms with Gasteiger partial charge in [0.2, 0.25) is 5.91 Å². The molecule has 1 amide bonds. The lowest BCUT2D eigenvalue weighted by atomic mass is 10.0. The highest BCUT2D eigenvalue weighted by atomic mass is 35.5. The van der Waals surface area contributed by atoms with Crippen LogP contribution in [0.15, 0.2) is 0 Å². The minimum atomic E-state index is -0.477. The summed E-state index contributed by atoms with van der Waals surface area (Å²) in [4.78, 5) is 30.0. The Balaban J connectivity index is 1.87. The highest BCUT2D eigenvalue weighted by Crippen LogP contribution is 2.29. The number of thiazole rings is 1. The molecule has 0 bridgehead atoms. The van der Waals surface area contributed by atoms with Gasteiger partial charge in [0, 0.05) is 25.6 Å². The fourth-order valence-corrected chi connectivity index (χ4v) is 3.69. The van der Waals surface area contributed by atoms with Gasteiger partial charge in [-0.2, -0.15) is 0 Å². The van der Waals surface area contributed by atoms with Gasteiger partial charge in [-0.1, -0.05) is 36.8 Å². The number of piperidine rings is 1. The standard InChI is InChI=1S/C15H22ClN3O3S/c1-9(2)8-11(20)19-6-4-10(5-7-19)17-15-18-13(16)12(23-15)14(21)22-3/h9-10H,4-8H2,1-3H3,(H,17,18). The third-order valence-corrected chi connectivity index (χ3v) is 5.07. The van der Waals surface area contributed by atoms with Gasteiger partial charge in [0.05, 0.1) is 7.11 Å². The zero-order chi connectivity index (χ0) is 17.0. The van der Waals surface area contributed by atoms with E-state index in [1.165, 1.54) is 18.4 Å². The maximum atomic E-state index is 12.1. The van der Waals surface area contributed by atoms with E-state index >= 15 is 0 Å². The van der Waals surface area contributed by atoms with Crippen molar-refractivity contribution in [2.75, 3.05) is 25.5 Å². The second-order valence-electron chi connectivity index (χ2n) is 6.03. The van der Waals surface area contributed by atoms with Crippen LogP contribution in [0, 0.1) is 5.92 Å². The SMILES string of the molecule is COC(=O)c1sc(NC2CCN(C(=O)CC(C)C)CC2)nc1Cl. The number of aromatic nitrogens is 1. The van der Waals surface area contributed by atoms with Crippen LogP contribution in [-0.2, 0) is 9.53 Å². The van der Waals surface area contributed by atoms with Crippen molar-refractivity contribution in [1.29, 1.82) is 0 Å². The second kappa shape index (κ2) is 7.97. The van der Waals surface area contributed by atoms with Crippen LogP contribution >= 0.6 is 22.9 Å². The highest BCUT2D eigenvalue weighted by molar-refractivity contribution is 7.18. The highest BCUT2D eigenvalue weighted by Gasteiger charge is 2.25. The molecule has 0 radical (unpaired) electrons. The first-order valence-electron chi connectivity index (χ1n) is 7.69. The summed E-state index contributed by atoms with van der Waals surface area (Å²) in [6, 6.07) is 0.228. The first-order chi connectivity index (χ1) is 10.9. The average Bonchev–Trinajstić information content (AvgIpc) is 2.87. The number of hydrogen-bond donors (Lipinski definition) is 1. The predicted octanol–water partition coefficient (Wildman–Crippen LogP) is 3.03. The molecule has 2 heterocycles. The number of esters is 1. The number of rotatable bonds is 5. The summed E-state index contributed by atoms with van der Waals surface area (Å²) in [7, 11) is 1.31. The van der Waals surface area contributed by atoms with Crippen molar-refractivity contribution in [3.05, 3.63) is 10.0 Å². The predicted molar refractivity (Wildman–Crippen MR) is 91.1 cm³/mol. The third-order valence-electron chi connectivity index (χ3n) is 3.71. The van der Waals surface area contributed by atoms with E-state index in [2.05, 4.69) is 28.9 Å². The molecule has 23 heavy (non-hydrogen) atoms.